The first kappa shape index (κ1) is 18.8. The molecule has 1 amide bonds. The van der Waals surface area contributed by atoms with Gasteiger partial charge in [-0.05, 0) is 30.2 Å². The van der Waals surface area contributed by atoms with Gasteiger partial charge in [-0.1, -0.05) is 23.7 Å². The van der Waals surface area contributed by atoms with Crippen LogP contribution in [0.3, 0.4) is 0 Å². The number of benzene rings is 1. The molecule has 4 heterocycles. The Bertz CT molecular complexity index is 1230. The van der Waals surface area contributed by atoms with Crippen molar-refractivity contribution in [2.24, 2.45) is 0 Å². The third kappa shape index (κ3) is 3.06. The second kappa shape index (κ2) is 6.96. The zero-order chi connectivity index (χ0) is 21.0. The number of hydrogen-bond acceptors (Lipinski definition) is 6. The summed E-state index contributed by atoms with van der Waals surface area (Å²) in [6, 6.07) is 7.39. The molecule has 1 aromatic carbocycles. The first-order chi connectivity index (χ1) is 14.4. The van der Waals surface area contributed by atoms with Crippen LogP contribution in [-0.4, -0.2) is 43.8 Å². The molecule has 3 atom stereocenters. The highest BCUT2D eigenvalue weighted by atomic mass is 35.5. The number of nitrogens with one attached hydrogen (secondary N) is 2. The summed E-state index contributed by atoms with van der Waals surface area (Å²) >= 11 is 5.94. The van der Waals surface area contributed by atoms with Crippen LogP contribution in [0.15, 0.2) is 35.1 Å². The number of aromatic nitrogens is 3. The maximum Gasteiger partial charge on any atom is 0.310 e. The van der Waals surface area contributed by atoms with E-state index in [4.69, 9.17) is 11.6 Å². The van der Waals surface area contributed by atoms with Crippen molar-refractivity contribution in [3.05, 3.63) is 51.5 Å². The number of fused-ring (bicyclic) bond motifs is 2. The van der Waals surface area contributed by atoms with Crippen LogP contribution >= 0.6 is 11.6 Å². The fourth-order valence-corrected chi connectivity index (χ4v) is 4.12. The van der Waals surface area contributed by atoms with Gasteiger partial charge in [0.2, 0.25) is 12.2 Å². The van der Waals surface area contributed by atoms with Crippen LogP contribution in [0.4, 0.5) is 0 Å². The Hall–Kier alpha value is -3.17. The number of nitrogens with zero attached hydrogens (tertiary/aromatic N) is 2. The van der Waals surface area contributed by atoms with Gasteiger partial charge < -0.3 is 20.1 Å². The number of amides is 1. The molecule has 0 radical (unpaired) electrons. The average molecular weight is 429 g/mol. The molecule has 3 N–H and O–H groups in total. The molecule has 2 aliphatic heterocycles. The number of carbonyl (C=O) groups is 2. The molecule has 0 aliphatic carbocycles. The number of hydrogen-bond donors (Lipinski definition) is 3. The van der Waals surface area contributed by atoms with Gasteiger partial charge in [0.1, 0.15) is 23.4 Å². The van der Waals surface area contributed by atoms with Crippen LogP contribution in [0.1, 0.15) is 24.7 Å². The van der Waals surface area contributed by atoms with Crippen molar-refractivity contribution >= 4 is 34.5 Å². The van der Waals surface area contributed by atoms with Gasteiger partial charge >= 0.3 is 5.97 Å². The molecule has 10 heteroatoms. The number of aliphatic hydroxyl groups is 1. The van der Waals surface area contributed by atoms with Crippen LogP contribution < -0.4 is 10.9 Å². The van der Waals surface area contributed by atoms with Crippen LogP contribution in [0.5, 0.6) is 0 Å². The number of halogens is 1. The Labute approximate surface area is 174 Å². The summed E-state index contributed by atoms with van der Waals surface area (Å²) < 4.78 is 6.03. The number of ether oxygens (including phenoxy) is 1. The van der Waals surface area contributed by atoms with Crippen LogP contribution in [0.2, 0.25) is 5.02 Å². The van der Waals surface area contributed by atoms with Gasteiger partial charge in [-0.25, -0.2) is 4.98 Å². The van der Waals surface area contributed by atoms with Gasteiger partial charge in [0.25, 0.3) is 5.56 Å². The van der Waals surface area contributed by atoms with E-state index in [1.54, 1.807) is 18.2 Å². The molecular formula is C20H17ClN4O5. The van der Waals surface area contributed by atoms with Crippen molar-refractivity contribution in [2.45, 2.75) is 37.6 Å². The molecule has 3 aromatic rings. The Kier molecular flexibility index (Phi) is 4.37. The first-order valence-electron chi connectivity index (χ1n) is 9.49. The number of carbonyl (C=O) groups excluding carboxylic acids is 2. The van der Waals surface area contributed by atoms with Crippen molar-refractivity contribution in [2.75, 3.05) is 0 Å². The number of aromatic amines is 1. The van der Waals surface area contributed by atoms with Gasteiger partial charge in [0.05, 0.1) is 11.9 Å². The number of cyclic esters (lactones) is 1. The van der Waals surface area contributed by atoms with E-state index >= 15 is 0 Å². The van der Waals surface area contributed by atoms with E-state index in [1.807, 2.05) is 12.1 Å². The minimum absolute atomic E-state index is 0.111. The number of rotatable bonds is 3. The smallest absolute Gasteiger partial charge is 0.310 e. The molecule has 2 aliphatic rings. The first-order valence-corrected chi connectivity index (χ1v) is 9.86. The molecule has 5 rings (SSSR count). The fraction of sp³-hybridized carbons (Fsp3) is 0.300. The van der Waals surface area contributed by atoms with Gasteiger partial charge in [-0.2, -0.15) is 0 Å². The Morgan fingerprint density at radius 3 is 2.77 bits per heavy atom. The van der Waals surface area contributed by atoms with Crippen molar-refractivity contribution in [3.63, 3.8) is 0 Å². The molecule has 2 aromatic heterocycles. The normalized spacial score (nSPS) is 22.9. The van der Waals surface area contributed by atoms with Crippen LogP contribution in [0, 0.1) is 0 Å². The molecule has 0 saturated carbocycles. The van der Waals surface area contributed by atoms with Crippen LogP contribution in [0.25, 0.3) is 22.3 Å². The number of esters is 1. The van der Waals surface area contributed by atoms with E-state index in [0.29, 0.717) is 34.7 Å². The predicted octanol–water partition coefficient (Wildman–Crippen LogP) is 1.28. The summed E-state index contributed by atoms with van der Waals surface area (Å²) in [6.07, 6.45) is -0.625. The Morgan fingerprint density at radius 1 is 1.30 bits per heavy atom. The van der Waals surface area contributed by atoms with Crippen molar-refractivity contribution in [1.82, 2.24) is 19.9 Å². The lowest BCUT2D eigenvalue weighted by molar-refractivity contribution is -0.155. The summed E-state index contributed by atoms with van der Waals surface area (Å²) in [7, 11) is 0. The molecular weight excluding hydrogens is 412 g/mol. The highest BCUT2D eigenvalue weighted by Gasteiger charge is 2.38. The fourth-order valence-electron chi connectivity index (χ4n) is 4.00. The Morgan fingerprint density at radius 2 is 2.07 bits per heavy atom. The van der Waals surface area contributed by atoms with E-state index in [9.17, 15) is 19.5 Å². The molecule has 9 nitrogen and oxygen atoms in total. The van der Waals surface area contributed by atoms with Crippen molar-refractivity contribution in [3.8, 4) is 11.3 Å². The summed E-state index contributed by atoms with van der Waals surface area (Å²) in [6.45, 7) is 0. The summed E-state index contributed by atoms with van der Waals surface area (Å²) in [5, 5.41) is 12.9. The molecule has 154 valence electrons. The maximum absolute atomic E-state index is 13.1. The highest BCUT2D eigenvalue weighted by molar-refractivity contribution is 6.30. The van der Waals surface area contributed by atoms with Crippen LogP contribution in [-0.2, 0) is 20.7 Å². The van der Waals surface area contributed by atoms with Gasteiger partial charge in [0, 0.05) is 17.1 Å². The standard InChI is InChI=1S/C20H17ClN4O5/c21-10-3-1-9(2-4-10)11-7-12-17(23-11)19(28)25-14(5-6-15(25)22-12)18(27)24-13-8-16(26)30-20(13)29/h1-4,7,13-14,20,23,29H,5-6,8H2,(H,24,27)/t13-,14-,20?/m0/s1. The lowest BCUT2D eigenvalue weighted by atomic mass is 10.1. The minimum Gasteiger partial charge on any atom is -0.434 e. The second-order valence-electron chi connectivity index (χ2n) is 7.41. The zero-order valence-corrected chi connectivity index (χ0v) is 16.3. The number of aryl methyl sites for hydroxylation is 1. The maximum atomic E-state index is 13.1. The lowest BCUT2D eigenvalue weighted by Gasteiger charge is -2.18. The second-order valence-corrected chi connectivity index (χ2v) is 7.84. The Balaban J connectivity index is 1.48. The van der Waals surface area contributed by atoms with E-state index in [1.165, 1.54) is 4.57 Å². The third-order valence-electron chi connectivity index (χ3n) is 5.48. The highest BCUT2D eigenvalue weighted by Crippen LogP contribution is 2.28. The largest absolute Gasteiger partial charge is 0.434 e. The van der Waals surface area contributed by atoms with E-state index < -0.39 is 30.3 Å². The quantitative estimate of drug-likeness (QED) is 0.539. The molecule has 0 bridgehead atoms. The molecule has 1 fully saturated rings. The van der Waals surface area contributed by atoms with E-state index in [0.717, 1.165) is 11.3 Å². The van der Waals surface area contributed by atoms with Gasteiger partial charge in [-0.3, -0.25) is 19.0 Å². The predicted molar refractivity (Wildman–Crippen MR) is 107 cm³/mol. The summed E-state index contributed by atoms with van der Waals surface area (Å²) in [4.78, 5) is 44.9. The number of H-pyrrole nitrogens is 1. The molecule has 30 heavy (non-hydrogen) atoms. The summed E-state index contributed by atoms with van der Waals surface area (Å²) in [5.74, 6) is -0.515. The van der Waals surface area contributed by atoms with Crippen molar-refractivity contribution in [1.29, 1.82) is 0 Å². The van der Waals surface area contributed by atoms with Gasteiger partial charge in [0.15, 0.2) is 0 Å². The lowest BCUT2D eigenvalue weighted by Crippen LogP contribution is -2.44. The van der Waals surface area contributed by atoms with E-state index in [2.05, 4.69) is 20.0 Å². The monoisotopic (exact) mass is 428 g/mol. The SMILES string of the molecule is O=C1C[C@H](NC(=O)[C@@H]2CCc3nc4cc(-c5ccc(Cl)cc5)[nH]c4c(=O)n32)C(O)O1. The molecule has 0 spiro atoms. The average Bonchev–Trinajstić information content (AvgIpc) is 3.40. The molecule has 1 saturated heterocycles. The van der Waals surface area contributed by atoms with Gasteiger partial charge in [-0.15, -0.1) is 0 Å². The summed E-state index contributed by atoms with van der Waals surface area (Å²) in [5.41, 5.74) is 2.08. The van der Waals surface area contributed by atoms with E-state index in [-0.39, 0.29) is 12.0 Å². The number of aliphatic hydroxyl groups excluding tert-OH is 1. The minimum atomic E-state index is -1.38. The molecule has 1 unspecified atom stereocenters. The third-order valence-corrected chi connectivity index (χ3v) is 5.73. The van der Waals surface area contributed by atoms with Crippen molar-refractivity contribution < 1.29 is 19.4 Å². The topological polar surface area (TPSA) is 126 Å². The zero-order valence-electron chi connectivity index (χ0n) is 15.6.